The molecule has 78 valence electrons. The first-order chi connectivity index (χ1) is 6.74. The van der Waals surface area contributed by atoms with E-state index in [9.17, 15) is 4.79 Å². The highest BCUT2D eigenvalue weighted by molar-refractivity contribution is 5.88. The summed E-state index contributed by atoms with van der Waals surface area (Å²) in [7, 11) is 0. The topological polar surface area (TPSA) is 26.3 Å². The van der Waals surface area contributed by atoms with Crippen molar-refractivity contribution < 1.29 is 9.53 Å². The summed E-state index contributed by atoms with van der Waals surface area (Å²) < 4.78 is 4.70. The van der Waals surface area contributed by atoms with Crippen molar-refractivity contribution in [3.63, 3.8) is 0 Å². The second-order valence-corrected chi connectivity index (χ2v) is 3.82. The van der Waals surface area contributed by atoms with Crippen LogP contribution in [0.2, 0.25) is 0 Å². The lowest BCUT2D eigenvalue weighted by atomic mass is 9.88. The van der Waals surface area contributed by atoms with Gasteiger partial charge in [-0.05, 0) is 25.7 Å². The van der Waals surface area contributed by atoms with Crippen molar-refractivity contribution in [2.75, 3.05) is 0 Å². The first kappa shape index (κ1) is 11.0. The Labute approximate surface area is 85.6 Å². The summed E-state index contributed by atoms with van der Waals surface area (Å²) in [5.74, 6) is 0.298. The lowest BCUT2D eigenvalue weighted by Gasteiger charge is -2.18. The van der Waals surface area contributed by atoms with Crippen LogP contribution in [-0.2, 0) is 9.53 Å². The molecule has 0 saturated heterocycles. The molecule has 1 aliphatic carbocycles. The molecular weight excluding hydrogens is 176 g/mol. The molecule has 0 aromatic carbocycles. The van der Waals surface area contributed by atoms with Gasteiger partial charge in [-0.25, -0.2) is 4.79 Å². The first-order valence-corrected chi connectivity index (χ1v) is 5.24. The van der Waals surface area contributed by atoms with E-state index < -0.39 is 0 Å². The van der Waals surface area contributed by atoms with E-state index in [0.717, 1.165) is 0 Å². The van der Waals surface area contributed by atoms with E-state index in [4.69, 9.17) is 4.74 Å². The molecule has 1 aliphatic rings. The van der Waals surface area contributed by atoms with E-state index in [1.54, 1.807) is 6.92 Å². The Hall–Kier alpha value is -1.05. The summed E-state index contributed by atoms with van der Waals surface area (Å²) >= 11 is 0. The van der Waals surface area contributed by atoms with Gasteiger partial charge in [-0.15, -0.1) is 0 Å². The fourth-order valence-corrected chi connectivity index (χ4v) is 1.89. The minimum absolute atomic E-state index is 0.273. The van der Waals surface area contributed by atoms with E-state index >= 15 is 0 Å². The molecule has 0 atom stereocenters. The highest BCUT2D eigenvalue weighted by atomic mass is 16.5. The van der Waals surface area contributed by atoms with Crippen LogP contribution in [-0.4, -0.2) is 5.97 Å². The predicted molar refractivity (Wildman–Crippen MR) is 56.6 cm³/mol. The Bertz CT molecular complexity index is 235. The summed E-state index contributed by atoms with van der Waals surface area (Å²) in [5, 5.41) is 0. The average molecular weight is 194 g/mol. The third kappa shape index (κ3) is 3.36. The number of rotatable bonds is 3. The average Bonchev–Trinajstić information content (AvgIpc) is 2.19. The molecule has 0 aromatic heterocycles. The van der Waals surface area contributed by atoms with Crippen molar-refractivity contribution in [1.82, 2.24) is 0 Å². The SMILES string of the molecule is C=COC(=O)/C(C)=C/C1CCCCC1. The van der Waals surface area contributed by atoms with Crippen molar-refractivity contribution in [2.24, 2.45) is 5.92 Å². The molecule has 0 spiro atoms. The second kappa shape index (κ2) is 5.63. The van der Waals surface area contributed by atoms with Crippen molar-refractivity contribution in [2.45, 2.75) is 39.0 Å². The van der Waals surface area contributed by atoms with E-state index in [2.05, 4.69) is 6.58 Å². The van der Waals surface area contributed by atoms with Gasteiger partial charge in [-0.2, -0.15) is 0 Å². The molecule has 14 heavy (non-hydrogen) atoms. The normalized spacial score (nSPS) is 19.1. The predicted octanol–water partition coefficient (Wildman–Crippen LogP) is 3.20. The molecule has 0 bridgehead atoms. The van der Waals surface area contributed by atoms with Crippen molar-refractivity contribution >= 4 is 5.97 Å². The number of carbonyl (C=O) groups is 1. The Kier molecular flexibility index (Phi) is 4.44. The first-order valence-electron chi connectivity index (χ1n) is 5.24. The Morgan fingerprint density at radius 3 is 2.57 bits per heavy atom. The molecule has 1 saturated carbocycles. The maximum absolute atomic E-state index is 11.3. The lowest BCUT2D eigenvalue weighted by Crippen LogP contribution is -2.07. The molecule has 0 N–H and O–H groups in total. The molecule has 0 heterocycles. The van der Waals surface area contributed by atoms with Gasteiger partial charge in [0.25, 0.3) is 0 Å². The number of allylic oxidation sites excluding steroid dienone is 1. The molecule has 0 radical (unpaired) electrons. The quantitative estimate of drug-likeness (QED) is 0.392. The van der Waals surface area contributed by atoms with Gasteiger partial charge in [0.2, 0.25) is 0 Å². The van der Waals surface area contributed by atoms with Crippen LogP contribution >= 0.6 is 0 Å². The van der Waals surface area contributed by atoms with Crippen LogP contribution in [0, 0.1) is 5.92 Å². The molecule has 2 nitrogen and oxygen atoms in total. The van der Waals surface area contributed by atoms with Crippen LogP contribution in [0.4, 0.5) is 0 Å². The zero-order valence-electron chi connectivity index (χ0n) is 8.79. The number of hydrogen-bond acceptors (Lipinski definition) is 2. The minimum Gasteiger partial charge on any atom is -0.432 e. The van der Waals surface area contributed by atoms with Gasteiger partial charge >= 0.3 is 5.97 Å². The number of esters is 1. The Morgan fingerprint density at radius 2 is 2.00 bits per heavy atom. The van der Waals surface area contributed by atoms with Gasteiger partial charge in [0.15, 0.2) is 0 Å². The highest BCUT2D eigenvalue weighted by Gasteiger charge is 2.13. The molecule has 0 aromatic rings. The lowest BCUT2D eigenvalue weighted by molar-refractivity contribution is -0.133. The number of hydrogen-bond donors (Lipinski definition) is 0. The van der Waals surface area contributed by atoms with Crippen LogP contribution < -0.4 is 0 Å². The summed E-state index contributed by atoms with van der Waals surface area (Å²) in [5.41, 5.74) is 0.705. The number of carbonyl (C=O) groups excluding carboxylic acids is 1. The van der Waals surface area contributed by atoms with E-state index in [1.165, 1.54) is 38.4 Å². The molecule has 0 unspecified atom stereocenters. The molecule has 2 heteroatoms. The van der Waals surface area contributed by atoms with Crippen molar-refractivity contribution in [3.8, 4) is 0 Å². The fourth-order valence-electron chi connectivity index (χ4n) is 1.89. The van der Waals surface area contributed by atoms with Gasteiger partial charge in [0, 0.05) is 5.57 Å². The number of ether oxygens (including phenoxy) is 1. The second-order valence-electron chi connectivity index (χ2n) is 3.82. The summed E-state index contributed by atoms with van der Waals surface area (Å²) in [6.45, 7) is 5.17. The minimum atomic E-state index is -0.273. The smallest absolute Gasteiger partial charge is 0.338 e. The van der Waals surface area contributed by atoms with Gasteiger partial charge < -0.3 is 4.74 Å². The van der Waals surface area contributed by atoms with Gasteiger partial charge in [-0.1, -0.05) is 31.9 Å². The Morgan fingerprint density at radius 1 is 1.36 bits per heavy atom. The zero-order chi connectivity index (χ0) is 10.4. The van der Waals surface area contributed by atoms with E-state index in [1.807, 2.05) is 6.08 Å². The molecule has 1 fully saturated rings. The summed E-state index contributed by atoms with van der Waals surface area (Å²) in [6.07, 6.45) is 9.54. The van der Waals surface area contributed by atoms with Crippen molar-refractivity contribution in [3.05, 3.63) is 24.5 Å². The largest absolute Gasteiger partial charge is 0.432 e. The van der Waals surface area contributed by atoms with Gasteiger partial charge in [0.05, 0.1) is 6.26 Å². The van der Waals surface area contributed by atoms with Gasteiger partial charge in [-0.3, -0.25) is 0 Å². The van der Waals surface area contributed by atoms with Crippen LogP contribution in [0.5, 0.6) is 0 Å². The van der Waals surface area contributed by atoms with Crippen LogP contribution in [0.1, 0.15) is 39.0 Å². The molecule has 0 aliphatic heterocycles. The Balaban J connectivity index is 2.48. The monoisotopic (exact) mass is 194 g/mol. The third-order valence-corrected chi connectivity index (χ3v) is 2.65. The van der Waals surface area contributed by atoms with E-state index in [-0.39, 0.29) is 5.97 Å². The highest BCUT2D eigenvalue weighted by Crippen LogP contribution is 2.25. The molecular formula is C12H18O2. The van der Waals surface area contributed by atoms with Crippen LogP contribution in [0.3, 0.4) is 0 Å². The third-order valence-electron chi connectivity index (χ3n) is 2.65. The van der Waals surface area contributed by atoms with Crippen LogP contribution in [0.25, 0.3) is 0 Å². The molecule has 1 rings (SSSR count). The zero-order valence-corrected chi connectivity index (χ0v) is 8.79. The van der Waals surface area contributed by atoms with E-state index in [0.29, 0.717) is 11.5 Å². The van der Waals surface area contributed by atoms with Crippen molar-refractivity contribution in [1.29, 1.82) is 0 Å². The summed E-state index contributed by atoms with van der Waals surface area (Å²) in [4.78, 5) is 11.3. The van der Waals surface area contributed by atoms with Gasteiger partial charge in [0.1, 0.15) is 0 Å². The summed E-state index contributed by atoms with van der Waals surface area (Å²) in [6, 6.07) is 0. The molecule has 0 amide bonds. The van der Waals surface area contributed by atoms with Crippen LogP contribution in [0.15, 0.2) is 24.5 Å². The maximum Gasteiger partial charge on any atom is 0.338 e. The fraction of sp³-hybridized carbons (Fsp3) is 0.583. The maximum atomic E-state index is 11.3. The standard InChI is InChI=1S/C12H18O2/c1-3-14-12(13)10(2)9-11-7-5-4-6-8-11/h3,9,11H,1,4-8H2,2H3/b10-9+.